The molecule has 0 aliphatic rings. The van der Waals surface area contributed by atoms with Gasteiger partial charge in [-0.25, -0.2) is 0 Å². The molecule has 0 amide bonds. The molecule has 314 valence electrons. The van der Waals surface area contributed by atoms with Gasteiger partial charge in [-0.3, -0.25) is 0 Å². The van der Waals surface area contributed by atoms with E-state index in [9.17, 15) is 0 Å². The largest absolute Gasteiger partial charge is 0.0610 e. The number of rotatable bonds is 1. The minimum atomic E-state index is -0.0837. The summed E-state index contributed by atoms with van der Waals surface area (Å²) in [6, 6.07) is 53.1. The Balaban J connectivity index is 1.35. The van der Waals surface area contributed by atoms with Crippen LogP contribution in [-0.4, -0.2) is 0 Å². The Morgan fingerprint density at radius 2 is 0.469 bits per heavy atom. The van der Waals surface area contributed by atoms with Gasteiger partial charge in [-0.15, -0.1) is 0 Å². The van der Waals surface area contributed by atoms with Gasteiger partial charge < -0.3 is 0 Å². The summed E-state index contributed by atoms with van der Waals surface area (Å²) in [5.74, 6) is 0. The van der Waals surface area contributed by atoms with Crippen LogP contribution < -0.4 is 0 Å². The van der Waals surface area contributed by atoms with E-state index in [1.807, 2.05) is 0 Å². The minimum Gasteiger partial charge on any atom is -0.0610 e. The van der Waals surface area contributed by atoms with Crippen molar-refractivity contribution in [2.24, 2.45) is 0 Å². The van der Waals surface area contributed by atoms with E-state index in [1.165, 1.54) is 141 Å². The summed E-state index contributed by atoms with van der Waals surface area (Å²) in [7, 11) is 0. The van der Waals surface area contributed by atoms with E-state index in [2.05, 4.69) is 217 Å². The Labute approximate surface area is 377 Å². The molecule has 0 fully saturated rings. The molecule has 0 aliphatic heterocycles. The van der Waals surface area contributed by atoms with Crippen LogP contribution in [0, 0.1) is 0 Å². The first-order valence-corrected chi connectivity index (χ1v) is 23.5. The number of benzene rings is 12. The molecule has 12 aromatic carbocycles. The zero-order valence-electron chi connectivity index (χ0n) is 39.7. The molecule has 0 spiro atoms. The molecule has 0 nitrogen and oxygen atoms in total. The van der Waals surface area contributed by atoms with Crippen molar-refractivity contribution in [3.8, 4) is 11.1 Å². The molecule has 0 saturated carbocycles. The van der Waals surface area contributed by atoms with Crippen molar-refractivity contribution in [2.45, 2.75) is 105 Å². The maximum absolute atomic E-state index is 2.58. The summed E-state index contributed by atoms with van der Waals surface area (Å²) in [4.78, 5) is 0. The molecule has 12 rings (SSSR count). The van der Waals surface area contributed by atoms with E-state index >= 15 is 0 Å². The van der Waals surface area contributed by atoms with E-state index in [-0.39, 0.29) is 21.7 Å². The highest BCUT2D eigenvalue weighted by Crippen LogP contribution is 2.51. The average Bonchev–Trinajstić information content (AvgIpc) is 3.24. The second-order valence-corrected chi connectivity index (χ2v) is 23.4. The van der Waals surface area contributed by atoms with Gasteiger partial charge >= 0.3 is 0 Å². The second kappa shape index (κ2) is 12.7. The number of hydrogen-bond donors (Lipinski definition) is 0. The van der Waals surface area contributed by atoms with Crippen LogP contribution in [0.15, 0.2) is 133 Å². The minimum absolute atomic E-state index is 0.0335. The van der Waals surface area contributed by atoms with Crippen LogP contribution in [0.1, 0.15) is 105 Å². The van der Waals surface area contributed by atoms with Crippen LogP contribution in [0.5, 0.6) is 0 Å². The molecule has 12 aromatic rings. The fourth-order valence-corrected chi connectivity index (χ4v) is 11.4. The lowest BCUT2D eigenvalue weighted by Crippen LogP contribution is -2.13. The molecule has 0 aromatic heterocycles. The molecule has 0 heteroatoms. The summed E-state index contributed by atoms with van der Waals surface area (Å²) in [5.41, 5.74) is 7.87. The van der Waals surface area contributed by atoms with E-state index in [1.54, 1.807) is 0 Å². The van der Waals surface area contributed by atoms with Crippen molar-refractivity contribution < 1.29 is 0 Å². The molecule has 0 atom stereocenters. The smallest absolute Gasteiger partial charge is 0.00197 e. The Morgan fingerprint density at radius 1 is 0.219 bits per heavy atom. The second-order valence-electron chi connectivity index (χ2n) is 23.4. The molecule has 0 radical (unpaired) electrons. The van der Waals surface area contributed by atoms with Crippen LogP contribution >= 0.6 is 0 Å². The normalized spacial score (nSPS) is 13.6. The van der Waals surface area contributed by atoms with Crippen LogP contribution in [-0.2, 0) is 21.7 Å². The van der Waals surface area contributed by atoms with Crippen molar-refractivity contribution in [1.82, 2.24) is 0 Å². The Kier molecular flexibility index (Phi) is 7.83. The van der Waals surface area contributed by atoms with E-state index < -0.39 is 0 Å². The Bertz CT molecular complexity index is 3680. The third-order valence-corrected chi connectivity index (χ3v) is 15.1. The molecule has 0 heterocycles. The molecule has 0 saturated heterocycles. The van der Waals surface area contributed by atoms with E-state index in [0.29, 0.717) is 0 Å². The van der Waals surface area contributed by atoms with Gasteiger partial charge in [0.1, 0.15) is 0 Å². The fraction of sp³-hybridized carbons (Fsp3) is 0.250. The first-order valence-electron chi connectivity index (χ1n) is 23.5. The molecule has 64 heavy (non-hydrogen) atoms. The van der Waals surface area contributed by atoms with Crippen molar-refractivity contribution in [2.75, 3.05) is 0 Å². The highest BCUT2D eigenvalue weighted by molar-refractivity contribution is 6.39. The third kappa shape index (κ3) is 5.54. The zero-order valence-corrected chi connectivity index (χ0v) is 39.7. The van der Waals surface area contributed by atoms with E-state index in [4.69, 9.17) is 0 Å². The molecule has 0 bridgehead atoms. The summed E-state index contributed by atoms with van der Waals surface area (Å²) >= 11 is 0. The van der Waals surface area contributed by atoms with Crippen molar-refractivity contribution in [1.29, 1.82) is 0 Å². The molecular weight excluding hydrogens is 769 g/mol. The van der Waals surface area contributed by atoms with E-state index in [0.717, 1.165) is 0 Å². The SMILES string of the molecule is CC(C)(C)c1cc(-c2cc(C(C)(C)C)cc3c2cc2c4cccc5cccc(c6cc(C(C)(C)C)cc3c62)c54)c2cc3c4cccc5cccc(c6cc(C(C)(C)C)cc(c2c1)c63)c54. The van der Waals surface area contributed by atoms with Crippen molar-refractivity contribution in [3.63, 3.8) is 0 Å². The first-order chi connectivity index (χ1) is 30.3. The number of fused-ring (bicyclic) bond motifs is 8. The standard InChI is InChI=1S/C64H58/c1-61(2,3)37-25-45(49-33-55-43-23-15-19-35-17-13-21-41(57(35)43)51-29-39(63(7,8)9)31-53(59(51)55)47(49)27-37)46-26-38(62(4,5)6)28-48-50(46)34-56-44-24-16-20-36-18-14-22-42(58(36)44)52-30-40(64(10,11)12)32-54(48)60(52)56/h13-34H,1-12H3. The van der Waals surface area contributed by atoms with Gasteiger partial charge in [0.25, 0.3) is 0 Å². The highest BCUT2D eigenvalue weighted by Gasteiger charge is 2.27. The summed E-state index contributed by atoms with van der Waals surface area (Å²) in [5, 5.41) is 26.9. The van der Waals surface area contributed by atoms with Crippen LogP contribution in [0.3, 0.4) is 0 Å². The quantitative estimate of drug-likeness (QED) is 0.114. The highest BCUT2D eigenvalue weighted by atomic mass is 14.3. The van der Waals surface area contributed by atoms with Crippen LogP contribution in [0.4, 0.5) is 0 Å². The lowest BCUT2D eigenvalue weighted by atomic mass is 9.76. The van der Waals surface area contributed by atoms with Gasteiger partial charge in [-0.2, -0.15) is 0 Å². The van der Waals surface area contributed by atoms with Gasteiger partial charge in [0, 0.05) is 0 Å². The third-order valence-electron chi connectivity index (χ3n) is 15.1. The summed E-state index contributed by atoms with van der Waals surface area (Å²) in [6.45, 7) is 28.5. The fourth-order valence-electron chi connectivity index (χ4n) is 11.4. The van der Waals surface area contributed by atoms with Gasteiger partial charge in [-0.05, 0) is 223 Å². The summed E-state index contributed by atoms with van der Waals surface area (Å²) < 4.78 is 0. The lowest BCUT2D eigenvalue weighted by Gasteiger charge is -2.27. The topological polar surface area (TPSA) is 0 Å². The molecule has 0 aliphatic carbocycles. The predicted molar refractivity (Wildman–Crippen MR) is 284 cm³/mol. The first kappa shape index (κ1) is 39.4. The maximum atomic E-state index is 2.58. The summed E-state index contributed by atoms with van der Waals surface area (Å²) in [6.07, 6.45) is 0. The molecule has 0 unspecified atom stereocenters. The van der Waals surface area contributed by atoms with Gasteiger partial charge in [0.05, 0.1) is 0 Å². The maximum Gasteiger partial charge on any atom is -0.00197 e. The number of hydrogen-bond acceptors (Lipinski definition) is 0. The average molecular weight is 827 g/mol. The van der Waals surface area contributed by atoms with Crippen LogP contribution in [0.2, 0.25) is 0 Å². The van der Waals surface area contributed by atoms with Crippen molar-refractivity contribution >= 4 is 108 Å². The molecular formula is C64H58. The monoisotopic (exact) mass is 826 g/mol. The van der Waals surface area contributed by atoms with Crippen molar-refractivity contribution in [3.05, 3.63) is 156 Å². The van der Waals surface area contributed by atoms with Gasteiger partial charge in [-0.1, -0.05) is 156 Å². The zero-order chi connectivity index (χ0) is 44.6. The van der Waals surface area contributed by atoms with Gasteiger partial charge in [0.15, 0.2) is 0 Å². The van der Waals surface area contributed by atoms with Crippen LogP contribution in [0.25, 0.3) is 119 Å². The molecule has 0 N–H and O–H groups in total. The predicted octanol–water partition coefficient (Wildman–Crippen LogP) is 19.0. The lowest BCUT2D eigenvalue weighted by molar-refractivity contribution is 0.590. The Hall–Kier alpha value is -6.24. The van der Waals surface area contributed by atoms with Gasteiger partial charge in [0.2, 0.25) is 0 Å². The Morgan fingerprint density at radius 3 is 0.766 bits per heavy atom.